The molecule has 1 aromatic carbocycles. The van der Waals surface area contributed by atoms with Crippen molar-refractivity contribution in [1.29, 1.82) is 0 Å². The third kappa shape index (κ3) is 3.82. The van der Waals surface area contributed by atoms with Crippen LogP contribution in [0.3, 0.4) is 0 Å². The molecule has 0 spiro atoms. The molecular weight excluding hydrogens is 268 g/mol. The first-order valence-corrected chi connectivity index (χ1v) is 6.90. The summed E-state index contributed by atoms with van der Waals surface area (Å²) >= 11 is 0. The Hall–Kier alpha value is -2.34. The largest absolute Gasteiger partial charge is 0.396 e. The number of benzene rings is 1. The lowest BCUT2D eigenvalue weighted by Crippen LogP contribution is -2.30. The van der Waals surface area contributed by atoms with Crippen LogP contribution in [0.4, 0.5) is 10.5 Å². The lowest BCUT2D eigenvalue weighted by atomic mass is 10.2. The topological polar surface area (TPSA) is 79.2 Å². The molecule has 0 aliphatic heterocycles. The van der Waals surface area contributed by atoms with Gasteiger partial charge in [0.1, 0.15) is 0 Å². The highest BCUT2D eigenvalue weighted by atomic mass is 16.3. The Labute approximate surface area is 123 Å². The first-order valence-electron chi connectivity index (χ1n) is 6.90. The first kappa shape index (κ1) is 15.1. The van der Waals surface area contributed by atoms with E-state index >= 15 is 0 Å². The molecule has 0 saturated carbocycles. The molecule has 2 rings (SSSR count). The van der Waals surface area contributed by atoms with Gasteiger partial charge in [-0.05, 0) is 38.5 Å². The van der Waals surface area contributed by atoms with E-state index in [9.17, 15) is 4.79 Å². The van der Waals surface area contributed by atoms with Gasteiger partial charge < -0.3 is 15.7 Å². The van der Waals surface area contributed by atoms with Gasteiger partial charge in [-0.2, -0.15) is 5.10 Å². The highest BCUT2D eigenvalue weighted by Gasteiger charge is 2.10. The van der Waals surface area contributed by atoms with E-state index in [-0.39, 0.29) is 12.6 Å². The second kappa shape index (κ2) is 6.90. The third-order valence-corrected chi connectivity index (χ3v) is 3.01. The van der Waals surface area contributed by atoms with E-state index in [1.807, 2.05) is 44.2 Å². The molecule has 0 aliphatic carbocycles. The average molecular weight is 288 g/mol. The highest BCUT2D eigenvalue weighted by Crippen LogP contribution is 2.21. The molecule has 6 heteroatoms. The molecule has 0 saturated heterocycles. The minimum Gasteiger partial charge on any atom is -0.396 e. The van der Waals surface area contributed by atoms with Crippen molar-refractivity contribution in [2.75, 3.05) is 18.5 Å². The number of nitrogens with one attached hydrogen (secondary N) is 2. The summed E-state index contributed by atoms with van der Waals surface area (Å²) in [5, 5.41) is 18.6. The van der Waals surface area contributed by atoms with Crippen LogP contribution in [-0.2, 0) is 0 Å². The van der Waals surface area contributed by atoms with Gasteiger partial charge in [0.15, 0.2) is 0 Å². The van der Waals surface area contributed by atoms with Crippen LogP contribution < -0.4 is 10.6 Å². The monoisotopic (exact) mass is 288 g/mol. The molecular formula is C15H20N4O2. The number of amides is 2. The lowest BCUT2D eigenvalue weighted by Gasteiger charge is -2.13. The van der Waals surface area contributed by atoms with Crippen LogP contribution in [0.15, 0.2) is 30.3 Å². The van der Waals surface area contributed by atoms with Crippen LogP contribution in [0, 0.1) is 13.8 Å². The Bertz CT molecular complexity index is 622. The fraction of sp³-hybridized carbons (Fsp3) is 0.333. The number of nitrogens with zero attached hydrogens (tertiary/aromatic N) is 2. The van der Waals surface area contributed by atoms with Crippen LogP contribution in [0.1, 0.15) is 17.8 Å². The van der Waals surface area contributed by atoms with Crippen LogP contribution in [0.5, 0.6) is 0 Å². The predicted molar refractivity (Wildman–Crippen MR) is 81.8 cm³/mol. The summed E-state index contributed by atoms with van der Waals surface area (Å²) in [5.41, 5.74) is 3.43. The second-order valence-electron chi connectivity index (χ2n) is 4.81. The van der Waals surface area contributed by atoms with E-state index in [0.29, 0.717) is 18.7 Å². The van der Waals surface area contributed by atoms with Gasteiger partial charge >= 0.3 is 6.03 Å². The Kier molecular flexibility index (Phi) is 4.94. The number of carbonyl (C=O) groups is 1. The summed E-state index contributed by atoms with van der Waals surface area (Å²) in [5.74, 6) is 0. The van der Waals surface area contributed by atoms with Gasteiger partial charge in [-0.1, -0.05) is 12.1 Å². The van der Waals surface area contributed by atoms with Crippen LogP contribution in [-0.4, -0.2) is 34.1 Å². The van der Waals surface area contributed by atoms with Gasteiger partial charge in [-0.3, -0.25) is 0 Å². The Balaban J connectivity index is 2.18. The van der Waals surface area contributed by atoms with Crippen LogP contribution in [0.2, 0.25) is 0 Å². The SMILES string of the molecule is Cc1cc(C)n(-c2ccccc2NC(=O)NCCCO)n1. The quantitative estimate of drug-likeness (QED) is 0.736. The van der Waals surface area contributed by atoms with Crippen LogP contribution in [0.25, 0.3) is 5.69 Å². The molecule has 112 valence electrons. The number of hydrogen-bond acceptors (Lipinski definition) is 3. The average Bonchev–Trinajstić information content (AvgIpc) is 2.78. The second-order valence-corrected chi connectivity index (χ2v) is 4.81. The molecule has 0 atom stereocenters. The number of aromatic nitrogens is 2. The Morgan fingerprint density at radius 1 is 1.33 bits per heavy atom. The fourth-order valence-electron chi connectivity index (χ4n) is 2.08. The van der Waals surface area contributed by atoms with E-state index in [0.717, 1.165) is 17.1 Å². The minimum absolute atomic E-state index is 0.0582. The van der Waals surface area contributed by atoms with Crippen molar-refractivity contribution in [2.24, 2.45) is 0 Å². The molecule has 1 heterocycles. The number of anilines is 1. The summed E-state index contributed by atoms with van der Waals surface area (Å²) in [6, 6.07) is 9.19. The van der Waals surface area contributed by atoms with Crippen molar-refractivity contribution in [3.8, 4) is 5.69 Å². The summed E-state index contributed by atoms with van der Waals surface area (Å²) in [4.78, 5) is 11.8. The molecule has 0 unspecified atom stereocenters. The van der Waals surface area contributed by atoms with Crippen molar-refractivity contribution < 1.29 is 9.90 Å². The molecule has 21 heavy (non-hydrogen) atoms. The Morgan fingerprint density at radius 3 is 2.76 bits per heavy atom. The first-order chi connectivity index (χ1) is 10.1. The molecule has 6 nitrogen and oxygen atoms in total. The van der Waals surface area contributed by atoms with E-state index < -0.39 is 0 Å². The van der Waals surface area contributed by atoms with Gasteiger partial charge in [0.25, 0.3) is 0 Å². The molecule has 2 aromatic rings. The number of urea groups is 1. The smallest absolute Gasteiger partial charge is 0.319 e. The maximum atomic E-state index is 11.8. The molecule has 2 amide bonds. The maximum Gasteiger partial charge on any atom is 0.319 e. The number of para-hydroxylation sites is 2. The molecule has 3 N–H and O–H groups in total. The standard InChI is InChI=1S/C15H20N4O2/c1-11-10-12(2)19(18-11)14-7-4-3-6-13(14)17-15(21)16-8-5-9-20/h3-4,6-7,10,20H,5,8-9H2,1-2H3,(H2,16,17,21). The summed E-state index contributed by atoms with van der Waals surface area (Å²) in [7, 11) is 0. The third-order valence-electron chi connectivity index (χ3n) is 3.01. The van der Waals surface area contributed by atoms with Crippen molar-refractivity contribution in [3.05, 3.63) is 41.7 Å². The van der Waals surface area contributed by atoms with E-state index in [2.05, 4.69) is 15.7 Å². The number of aryl methyl sites for hydroxylation is 2. The van der Waals surface area contributed by atoms with Gasteiger partial charge in [-0.25, -0.2) is 9.48 Å². The summed E-state index contributed by atoms with van der Waals surface area (Å²) < 4.78 is 1.80. The van der Waals surface area contributed by atoms with Gasteiger partial charge in [0, 0.05) is 18.8 Å². The molecule has 0 aliphatic rings. The van der Waals surface area contributed by atoms with E-state index in [4.69, 9.17) is 5.11 Å². The number of aliphatic hydroxyl groups excluding tert-OH is 1. The van der Waals surface area contributed by atoms with E-state index in [1.165, 1.54) is 0 Å². The number of aliphatic hydroxyl groups is 1. The van der Waals surface area contributed by atoms with Crippen LogP contribution >= 0.6 is 0 Å². The lowest BCUT2D eigenvalue weighted by molar-refractivity contribution is 0.249. The zero-order chi connectivity index (χ0) is 15.2. The van der Waals surface area contributed by atoms with Gasteiger partial charge in [0.05, 0.1) is 17.1 Å². The van der Waals surface area contributed by atoms with E-state index in [1.54, 1.807) is 4.68 Å². The molecule has 0 radical (unpaired) electrons. The Morgan fingerprint density at radius 2 is 2.10 bits per heavy atom. The van der Waals surface area contributed by atoms with Crippen molar-refractivity contribution in [3.63, 3.8) is 0 Å². The van der Waals surface area contributed by atoms with Crippen molar-refractivity contribution in [1.82, 2.24) is 15.1 Å². The number of rotatable bonds is 5. The van der Waals surface area contributed by atoms with Crippen molar-refractivity contribution >= 4 is 11.7 Å². The zero-order valence-corrected chi connectivity index (χ0v) is 12.3. The molecule has 0 bridgehead atoms. The van der Waals surface area contributed by atoms with Gasteiger partial charge in [0.2, 0.25) is 0 Å². The summed E-state index contributed by atoms with van der Waals surface area (Å²) in [6.45, 7) is 4.40. The highest BCUT2D eigenvalue weighted by molar-refractivity contribution is 5.91. The maximum absolute atomic E-state index is 11.8. The predicted octanol–water partition coefficient (Wildman–Crippen LogP) is 1.99. The van der Waals surface area contributed by atoms with Gasteiger partial charge in [-0.15, -0.1) is 0 Å². The zero-order valence-electron chi connectivity index (χ0n) is 12.3. The summed E-state index contributed by atoms with van der Waals surface area (Å²) in [6.07, 6.45) is 0.534. The fourth-order valence-corrected chi connectivity index (χ4v) is 2.08. The number of carbonyl (C=O) groups excluding carboxylic acids is 1. The number of hydrogen-bond donors (Lipinski definition) is 3. The minimum atomic E-state index is -0.294. The van der Waals surface area contributed by atoms with Crippen molar-refractivity contribution in [2.45, 2.75) is 20.3 Å². The molecule has 1 aromatic heterocycles. The normalized spacial score (nSPS) is 10.4. The molecule has 0 fully saturated rings.